The summed E-state index contributed by atoms with van der Waals surface area (Å²) < 4.78 is 1.07. The van der Waals surface area contributed by atoms with E-state index in [1.165, 1.54) is 4.88 Å². The number of halogens is 1. The van der Waals surface area contributed by atoms with E-state index in [9.17, 15) is 4.79 Å². The highest BCUT2D eigenvalue weighted by Gasteiger charge is 2.11. The predicted molar refractivity (Wildman–Crippen MR) is 61.5 cm³/mol. The van der Waals surface area contributed by atoms with Crippen molar-refractivity contribution in [1.82, 2.24) is 0 Å². The van der Waals surface area contributed by atoms with Crippen molar-refractivity contribution in [2.75, 3.05) is 0 Å². The van der Waals surface area contributed by atoms with Gasteiger partial charge in [0.1, 0.15) is 0 Å². The number of thiophene rings is 1. The van der Waals surface area contributed by atoms with Crippen molar-refractivity contribution in [2.45, 2.75) is 20.3 Å². The fourth-order valence-electron chi connectivity index (χ4n) is 1.13. The van der Waals surface area contributed by atoms with E-state index in [1.54, 1.807) is 11.3 Å². The molecule has 13 heavy (non-hydrogen) atoms. The first kappa shape index (κ1) is 10.7. The molecule has 0 saturated heterocycles. The lowest BCUT2D eigenvalue weighted by Gasteiger charge is -1.92. The minimum absolute atomic E-state index is 0.807. The fourth-order valence-corrected chi connectivity index (χ4v) is 3.07. The highest BCUT2D eigenvalue weighted by atomic mass is 79.9. The van der Waals surface area contributed by atoms with Crippen LogP contribution in [0.3, 0.4) is 0 Å². The molecule has 1 rings (SSSR count). The number of aldehydes is 1. The van der Waals surface area contributed by atoms with E-state index >= 15 is 0 Å². The average Bonchev–Trinajstić information content (AvgIpc) is 2.45. The number of aryl methyl sites for hydroxylation is 1. The Kier molecular flexibility index (Phi) is 3.88. The molecule has 0 aliphatic rings. The van der Waals surface area contributed by atoms with Crippen LogP contribution in [0.25, 0.3) is 6.08 Å². The van der Waals surface area contributed by atoms with Crippen molar-refractivity contribution < 1.29 is 4.79 Å². The average molecular weight is 259 g/mol. The first-order chi connectivity index (χ1) is 6.24. The Morgan fingerprint density at radius 3 is 2.69 bits per heavy atom. The Morgan fingerprint density at radius 2 is 2.23 bits per heavy atom. The molecule has 0 amide bonds. The Labute approximate surface area is 90.6 Å². The molecule has 0 aromatic carbocycles. The van der Waals surface area contributed by atoms with Crippen LogP contribution in [0.2, 0.25) is 0 Å². The standard InChI is InChI=1S/C10H11BrOS/c1-3-5-7-9(6-12)13-8(4-2)10(7)11/h3,5-6H,4H2,1-2H3. The van der Waals surface area contributed by atoms with E-state index in [1.807, 2.05) is 19.1 Å². The molecule has 3 heteroatoms. The van der Waals surface area contributed by atoms with Gasteiger partial charge in [-0.2, -0.15) is 0 Å². The third-order valence-electron chi connectivity index (χ3n) is 1.74. The van der Waals surface area contributed by atoms with E-state index in [2.05, 4.69) is 22.9 Å². The maximum Gasteiger partial charge on any atom is 0.160 e. The summed E-state index contributed by atoms with van der Waals surface area (Å²) in [4.78, 5) is 12.8. The van der Waals surface area contributed by atoms with Crippen LogP contribution in [0, 0.1) is 0 Å². The number of hydrogen-bond donors (Lipinski definition) is 0. The molecular weight excluding hydrogens is 248 g/mol. The summed E-state index contributed by atoms with van der Waals surface area (Å²) in [5.41, 5.74) is 1.01. The van der Waals surface area contributed by atoms with Crippen LogP contribution in [0.1, 0.15) is 34.0 Å². The summed E-state index contributed by atoms with van der Waals surface area (Å²) in [5, 5.41) is 0. The molecule has 70 valence electrons. The van der Waals surface area contributed by atoms with Gasteiger partial charge in [-0.15, -0.1) is 11.3 Å². The first-order valence-corrected chi connectivity index (χ1v) is 5.74. The quantitative estimate of drug-likeness (QED) is 0.752. The first-order valence-electron chi connectivity index (χ1n) is 4.13. The van der Waals surface area contributed by atoms with E-state index in [0.717, 1.165) is 27.6 Å². The molecule has 0 spiro atoms. The highest BCUT2D eigenvalue weighted by molar-refractivity contribution is 9.10. The maximum absolute atomic E-state index is 10.7. The second-order valence-corrected chi connectivity index (χ2v) is 4.52. The SMILES string of the molecule is CC=Cc1c(C=O)sc(CC)c1Br. The molecule has 0 fully saturated rings. The molecule has 0 saturated carbocycles. The molecule has 0 atom stereocenters. The molecule has 1 aromatic rings. The van der Waals surface area contributed by atoms with Gasteiger partial charge in [-0.25, -0.2) is 0 Å². The molecule has 0 radical (unpaired) electrons. The van der Waals surface area contributed by atoms with Crippen molar-refractivity contribution in [3.63, 3.8) is 0 Å². The van der Waals surface area contributed by atoms with Crippen LogP contribution in [0.5, 0.6) is 0 Å². The van der Waals surface area contributed by atoms with Gasteiger partial charge in [-0.3, -0.25) is 4.79 Å². The van der Waals surface area contributed by atoms with E-state index in [4.69, 9.17) is 0 Å². The highest BCUT2D eigenvalue weighted by Crippen LogP contribution is 2.33. The van der Waals surface area contributed by atoms with Crippen molar-refractivity contribution in [2.24, 2.45) is 0 Å². The van der Waals surface area contributed by atoms with Crippen LogP contribution >= 0.6 is 27.3 Å². The minimum Gasteiger partial charge on any atom is -0.297 e. The van der Waals surface area contributed by atoms with Gasteiger partial charge in [0.05, 0.1) is 4.88 Å². The van der Waals surface area contributed by atoms with Crippen LogP contribution in [-0.2, 0) is 6.42 Å². The smallest absolute Gasteiger partial charge is 0.160 e. The molecule has 0 bridgehead atoms. The molecule has 0 aliphatic heterocycles. The largest absolute Gasteiger partial charge is 0.297 e. The van der Waals surface area contributed by atoms with Gasteiger partial charge in [-0.1, -0.05) is 19.1 Å². The molecular formula is C10H11BrOS. The van der Waals surface area contributed by atoms with Crippen LogP contribution in [-0.4, -0.2) is 6.29 Å². The van der Waals surface area contributed by atoms with Gasteiger partial charge in [-0.05, 0) is 29.3 Å². The normalized spacial score (nSPS) is 11.0. The number of hydrogen-bond acceptors (Lipinski definition) is 2. The van der Waals surface area contributed by atoms with E-state index in [0.29, 0.717) is 0 Å². The third kappa shape index (κ3) is 2.09. The van der Waals surface area contributed by atoms with Crippen molar-refractivity contribution in [3.05, 3.63) is 25.9 Å². The molecule has 1 heterocycles. The lowest BCUT2D eigenvalue weighted by Crippen LogP contribution is -1.77. The Morgan fingerprint density at radius 1 is 1.54 bits per heavy atom. The summed E-state index contributed by atoms with van der Waals surface area (Å²) >= 11 is 5.06. The summed E-state index contributed by atoms with van der Waals surface area (Å²) in [6.07, 6.45) is 5.79. The second kappa shape index (κ2) is 4.72. The summed E-state index contributed by atoms with van der Waals surface area (Å²) in [6, 6.07) is 0. The monoisotopic (exact) mass is 258 g/mol. The topological polar surface area (TPSA) is 17.1 Å². The fraction of sp³-hybridized carbons (Fsp3) is 0.300. The summed E-state index contributed by atoms with van der Waals surface area (Å²) in [5.74, 6) is 0. The predicted octanol–water partition coefficient (Wildman–Crippen LogP) is 3.92. The zero-order valence-corrected chi connectivity index (χ0v) is 10.0. The molecule has 0 N–H and O–H groups in total. The van der Waals surface area contributed by atoms with E-state index < -0.39 is 0 Å². The Balaban J connectivity index is 3.28. The zero-order chi connectivity index (χ0) is 9.84. The third-order valence-corrected chi connectivity index (χ3v) is 4.18. The zero-order valence-electron chi connectivity index (χ0n) is 7.63. The van der Waals surface area contributed by atoms with Crippen LogP contribution in [0.15, 0.2) is 10.5 Å². The second-order valence-electron chi connectivity index (χ2n) is 2.59. The van der Waals surface area contributed by atoms with Crippen molar-refractivity contribution in [3.8, 4) is 0 Å². The number of allylic oxidation sites excluding steroid dienone is 1. The Bertz CT molecular complexity index is 339. The van der Waals surface area contributed by atoms with Gasteiger partial charge in [0.15, 0.2) is 6.29 Å². The van der Waals surface area contributed by atoms with Crippen molar-refractivity contribution in [1.29, 1.82) is 0 Å². The number of carbonyl (C=O) groups is 1. The van der Waals surface area contributed by atoms with Gasteiger partial charge >= 0.3 is 0 Å². The van der Waals surface area contributed by atoms with Gasteiger partial charge in [0.2, 0.25) is 0 Å². The lowest BCUT2D eigenvalue weighted by atomic mass is 10.2. The lowest BCUT2D eigenvalue weighted by molar-refractivity contribution is 0.112. The van der Waals surface area contributed by atoms with E-state index in [-0.39, 0.29) is 0 Å². The van der Waals surface area contributed by atoms with Gasteiger partial charge in [0, 0.05) is 14.9 Å². The number of rotatable bonds is 3. The minimum atomic E-state index is 0.807. The van der Waals surface area contributed by atoms with Gasteiger partial charge in [0.25, 0.3) is 0 Å². The van der Waals surface area contributed by atoms with Crippen molar-refractivity contribution >= 4 is 39.6 Å². The number of carbonyl (C=O) groups excluding carboxylic acids is 1. The summed E-state index contributed by atoms with van der Waals surface area (Å²) in [6.45, 7) is 4.04. The molecule has 1 aromatic heterocycles. The maximum atomic E-state index is 10.7. The molecule has 0 aliphatic carbocycles. The van der Waals surface area contributed by atoms with Crippen LogP contribution in [0.4, 0.5) is 0 Å². The van der Waals surface area contributed by atoms with Crippen LogP contribution < -0.4 is 0 Å². The summed E-state index contributed by atoms with van der Waals surface area (Å²) in [7, 11) is 0. The Hall–Kier alpha value is -0.410. The molecule has 1 nitrogen and oxygen atoms in total. The molecule has 0 unspecified atom stereocenters. The van der Waals surface area contributed by atoms with Gasteiger partial charge < -0.3 is 0 Å².